The Bertz CT molecular complexity index is 650. The number of nitro benzene ring substituents is 1. The summed E-state index contributed by atoms with van der Waals surface area (Å²) < 4.78 is 21.7. The number of rotatable bonds is 6. The number of furan rings is 1. The Hall–Kier alpha value is -2.48. The molecule has 0 saturated carbocycles. The molecule has 0 aliphatic heterocycles. The molecular formula is C13H11NO6S. The van der Waals surface area contributed by atoms with Crippen LogP contribution < -0.4 is 4.74 Å². The van der Waals surface area contributed by atoms with Gasteiger partial charge < -0.3 is 9.15 Å². The lowest BCUT2D eigenvalue weighted by atomic mass is 10.3. The van der Waals surface area contributed by atoms with E-state index in [1.807, 2.05) is 0 Å². The normalized spacial score (nSPS) is 11.8. The molecule has 1 aromatic heterocycles. The summed E-state index contributed by atoms with van der Waals surface area (Å²) in [5.41, 5.74) is -0.101. The molecule has 0 fully saturated rings. The quantitative estimate of drug-likeness (QED) is 0.350. The van der Waals surface area contributed by atoms with Crippen molar-refractivity contribution in [1.82, 2.24) is 0 Å². The average molecular weight is 309 g/mol. The van der Waals surface area contributed by atoms with Crippen molar-refractivity contribution in [2.75, 3.05) is 5.75 Å². The number of carbonyl (C=O) groups excluding carboxylic acids is 1. The Morgan fingerprint density at radius 1 is 1.29 bits per heavy atom. The third-order valence-corrected chi connectivity index (χ3v) is 3.61. The van der Waals surface area contributed by atoms with Crippen molar-refractivity contribution >= 4 is 22.5 Å². The van der Waals surface area contributed by atoms with Gasteiger partial charge in [-0.05, 0) is 24.3 Å². The largest absolute Gasteiger partial charge is 0.468 e. The zero-order chi connectivity index (χ0) is 15.2. The third-order valence-electron chi connectivity index (χ3n) is 2.44. The fourth-order valence-electron chi connectivity index (χ4n) is 1.53. The summed E-state index contributed by atoms with van der Waals surface area (Å²) in [6, 6.07) is 8.41. The van der Waals surface area contributed by atoms with Crippen molar-refractivity contribution in [3.8, 4) is 5.75 Å². The highest BCUT2D eigenvalue weighted by Crippen LogP contribution is 2.17. The molecule has 0 spiro atoms. The predicted octanol–water partition coefficient (Wildman–Crippen LogP) is 2.04. The molecule has 2 rings (SSSR count). The van der Waals surface area contributed by atoms with Crippen LogP contribution in [0.25, 0.3) is 0 Å². The van der Waals surface area contributed by atoms with Gasteiger partial charge in [-0.3, -0.25) is 19.1 Å². The van der Waals surface area contributed by atoms with Crippen LogP contribution in [-0.4, -0.2) is 20.9 Å². The number of hydrogen-bond donors (Lipinski definition) is 0. The van der Waals surface area contributed by atoms with E-state index in [9.17, 15) is 19.1 Å². The molecule has 1 heterocycles. The van der Waals surface area contributed by atoms with Crippen LogP contribution in [0.5, 0.6) is 5.75 Å². The van der Waals surface area contributed by atoms with Crippen LogP contribution in [0.1, 0.15) is 5.76 Å². The van der Waals surface area contributed by atoms with Crippen molar-refractivity contribution in [1.29, 1.82) is 0 Å². The van der Waals surface area contributed by atoms with Crippen molar-refractivity contribution in [2.24, 2.45) is 0 Å². The topological polar surface area (TPSA) is 99.7 Å². The van der Waals surface area contributed by atoms with Crippen LogP contribution in [0, 0.1) is 10.1 Å². The van der Waals surface area contributed by atoms with Gasteiger partial charge in [0.1, 0.15) is 17.3 Å². The number of nitrogens with zero attached hydrogens (tertiary/aromatic N) is 1. The fourth-order valence-corrected chi connectivity index (χ4v) is 2.44. The number of non-ortho nitro benzene ring substituents is 1. The number of esters is 1. The van der Waals surface area contributed by atoms with Crippen molar-refractivity contribution in [2.45, 2.75) is 5.75 Å². The Labute approximate surface area is 122 Å². The summed E-state index contributed by atoms with van der Waals surface area (Å²) in [7, 11) is -1.44. The zero-order valence-corrected chi connectivity index (χ0v) is 11.6. The minimum atomic E-state index is -1.44. The molecular weight excluding hydrogens is 298 g/mol. The first-order valence-corrected chi connectivity index (χ1v) is 7.36. The van der Waals surface area contributed by atoms with Crippen LogP contribution in [0.4, 0.5) is 5.69 Å². The third kappa shape index (κ3) is 4.53. The van der Waals surface area contributed by atoms with Crippen LogP contribution in [0.15, 0.2) is 47.1 Å². The maximum atomic E-state index is 11.7. The van der Waals surface area contributed by atoms with E-state index in [1.165, 1.54) is 30.5 Å². The Morgan fingerprint density at radius 2 is 2.00 bits per heavy atom. The van der Waals surface area contributed by atoms with E-state index >= 15 is 0 Å². The molecule has 21 heavy (non-hydrogen) atoms. The first kappa shape index (κ1) is 14.9. The SMILES string of the molecule is O=C(C[S@@](=O)Cc1ccco1)Oc1ccc([N+](=O)[O-])cc1. The molecule has 0 aliphatic rings. The molecule has 110 valence electrons. The maximum Gasteiger partial charge on any atom is 0.323 e. The molecule has 8 heteroatoms. The zero-order valence-electron chi connectivity index (χ0n) is 10.8. The molecule has 0 N–H and O–H groups in total. The maximum absolute atomic E-state index is 11.7. The number of hydrogen-bond acceptors (Lipinski definition) is 6. The highest BCUT2D eigenvalue weighted by atomic mass is 32.2. The number of benzene rings is 1. The second-order valence-electron chi connectivity index (χ2n) is 4.03. The first-order valence-electron chi connectivity index (χ1n) is 5.87. The van der Waals surface area contributed by atoms with Gasteiger partial charge in [-0.2, -0.15) is 0 Å². The second-order valence-corrected chi connectivity index (χ2v) is 5.49. The molecule has 1 atom stereocenters. The lowest BCUT2D eigenvalue weighted by Gasteiger charge is -2.03. The first-order chi connectivity index (χ1) is 10.0. The molecule has 0 saturated heterocycles. The van der Waals surface area contributed by atoms with Crippen LogP contribution in [0.2, 0.25) is 0 Å². The van der Waals surface area contributed by atoms with Gasteiger partial charge in [0.25, 0.3) is 5.69 Å². The van der Waals surface area contributed by atoms with Gasteiger partial charge in [0.15, 0.2) is 0 Å². The van der Waals surface area contributed by atoms with Crippen LogP contribution >= 0.6 is 0 Å². The molecule has 0 aliphatic carbocycles. The summed E-state index contributed by atoms with van der Waals surface area (Å²) >= 11 is 0. The van der Waals surface area contributed by atoms with Crippen molar-refractivity contribution < 1.29 is 23.1 Å². The fraction of sp³-hybridized carbons (Fsp3) is 0.154. The van der Waals surface area contributed by atoms with Gasteiger partial charge in [-0.1, -0.05) is 0 Å². The summed E-state index contributed by atoms with van der Waals surface area (Å²) in [4.78, 5) is 21.5. The Morgan fingerprint density at radius 3 is 2.57 bits per heavy atom. The van der Waals surface area contributed by atoms with E-state index in [2.05, 4.69) is 0 Å². The second kappa shape index (κ2) is 6.80. The van der Waals surface area contributed by atoms with Crippen molar-refractivity contribution in [3.63, 3.8) is 0 Å². The lowest BCUT2D eigenvalue weighted by molar-refractivity contribution is -0.384. The van der Waals surface area contributed by atoms with Gasteiger partial charge in [0.2, 0.25) is 0 Å². The van der Waals surface area contributed by atoms with E-state index in [0.717, 1.165) is 0 Å². The van der Waals surface area contributed by atoms with E-state index in [0.29, 0.717) is 5.76 Å². The summed E-state index contributed by atoms with van der Waals surface area (Å²) in [6.45, 7) is 0. The lowest BCUT2D eigenvalue weighted by Crippen LogP contribution is -2.17. The smallest absolute Gasteiger partial charge is 0.323 e. The molecule has 0 amide bonds. The monoisotopic (exact) mass is 309 g/mol. The van der Waals surface area contributed by atoms with Crippen LogP contribution in [0.3, 0.4) is 0 Å². The van der Waals surface area contributed by atoms with E-state index < -0.39 is 21.7 Å². The van der Waals surface area contributed by atoms with E-state index in [4.69, 9.17) is 9.15 Å². The molecule has 1 aromatic carbocycles. The average Bonchev–Trinajstić information content (AvgIpc) is 2.91. The Kier molecular flexibility index (Phi) is 4.83. The number of nitro groups is 1. The highest BCUT2D eigenvalue weighted by molar-refractivity contribution is 7.84. The summed E-state index contributed by atoms with van der Waals surface area (Å²) in [5.74, 6) is -0.133. The molecule has 0 unspecified atom stereocenters. The molecule has 7 nitrogen and oxygen atoms in total. The highest BCUT2D eigenvalue weighted by Gasteiger charge is 2.13. The predicted molar refractivity (Wildman–Crippen MR) is 74.2 cm³/mol. The summed E-state index contributed by atoms with van der Waals surface area (Å²) in [6.07, 6.45) is 1.46. The molecule has 0 bridgehead atoms. The minimum absolute atomic E-state index is 0.101. The van der Waals surface area contributed by atoms with Gasteiger partial charge in [-0.25, -0.2) is 0 Å². The van der Waals surface area contributed by atoms with Gasteiger partial charge in [0, 0.05) is 22.9 Å². The minimum Gasteiger partial charge on any atom is -0.468 e. The Balaban J connectivity index is 1.86. The summed E-state index contributed by atoms with van der Waals surface area (Å²) in [5, 5.41) is 10.5. The van der Waals surface area contributed by atoms with E-state index in [1.54, 1.807) is 12.1 Å². The van der Waals surface area contributed by atoms with Gasteiger partial charge in [-0.15, -0.1) is 0 Å². The standard InChI is InChI=1S/C13H11NO6S/c15-13(9-21(18)8-12-2-1-7-19-12)20-11-5-3-10(4-6-11)14(16)17/h1-7H,8-9H2/t21-/m0/s1. The molecule has 0 radical (unpaired) electrons. The van der Waals surface area contributed by atoms with E-state index in [-0.39, 0.29) is 22.9 Å². The molecule has 2 aromatic rings. The van der Waals surface area contributed by atoms with Crippen LogP contribution in [-0.2, 0) is 21.3 Å². The number of carbonyl (C=O) groups is 1. The van der Waals surface area contributed by atoms with Gasteiger partial charge >= 0.3 is 5.97 Å². The van der Waals surface area contributed by atoms with Gasteiger partial charge in [0.05, 0.1) is 16.9 Å². The number of ether oxygens (including phenoxy) is 1. The van der Waals surface area contributed by atoms with Crippen molar-refractivity contribution in [3.05, 3.63) is 58.5 Å².